The number of aromatic nitrogens is 1. The number of benzene rings is 1. The highest BCUT2D eigenvalue weighted by Crippen LogP contribution is 2.34. The molecule has 2 aromatic heterocycles. The van der Waals surface area contributed by atoms with Gasteiger partial charge in [0, 0.05) is 37.2 Å². The molecule has 1 aliphatic rings. The van der Waals surface area contributed by atoms with Gasteiger partial charge in [0.1, 0.15) is 0 Å². The lowest BCUT2D eigenvalue weighted by atomic mass is 9.89. The van der Waals surface area contributed by atoms with E-state index in [2.05, 4.69) is 42.1 Å². The smallest absolute Gasteiger partial charge is 0.263 e. The van der Waals surface area contributed by atoms with Crippen molar-refractivity contribution in [2.24, 2.45) is 7.05 Å². The Kier molecular flexibility index (Phi) is 3.69. The Balaban J connectivity index is 1.52. The number of amides is 1. The minimum Gasteiger partial charge on any atom is -0.350 e. The molecule has 4 heteroatoms. The van der Waals surface area contributed by atoms with Crippen molar-refractivity contribution in [1.29, 1.82) is 0 Å². The Morgan fingerprint density at radius 3 is 2.65 bits per heavy atom. The molecule has 23 heavy (non-hydrogen) atoms. The van der Waals surface area contributed by atoms with E-state index in [-0.39, 0.29) is 5.91 Å². The number of hydrogen-bond acceptors (Lipinski definition) is 2. The van der Waals surface area contributed by atoms with Gasteiger partial charge in [-0.15, -0.1) is 11.3 Å². The molecule has 0 unspecified atom stereocenters. The van der Waals surface area contributed by atoms with E-state index >= 15 is 0 Å². The molecule has 0 bridgehead atoms. The number of fused-ring (bicyclic) bond motifs is 1. The van der Waals surface area contributed by atoms with Gasteiger partial charge in [-0.2, -0.15) is 0 Å². The lowest BCUT2D eigenvalue weighted by molar-refractivity contribution is 0.0718. The Morgan fingerprint density at radius 1 is 1.13 bits per heavy atom. The van der Waals surface area contributed by atoms with E-state index in [1.165, 1.54) is 27.8 Å². The predicted octanol–water partition coefficient (Wildman–Crippen LogP) is 4.26. The molecule has 0 aliphatic carbocycles. The average molecular weight is 324 g/mol. The van der Waals surface area contributed by atoms with Gasteiger partial charge in [-0.3, -0.25) is 4.79 Å². The highest BCUT2D eigenvalue weighted by Gasteiger charge is 2.26. The van der Waals surface area contributed by atoms with Crippen molar-refractivity contribution in [3.8, 4) is 0 Å². The SMILES string of the molecule is Cn1cc(C2CCN(C(=O)c3cccs3)CC2)c2ccccc21. The van der Waals surface area contributed by atoms with Crippen LogP contribution < -0.4 is 0 Å². The molecule has 4 rings (SSSR count). The quantitative estimate of drug-likeness (QED) is 0.691. The maximum Gasteiger partial charge on any atom is 0.263 e. The van der Waals surface area contributed by atoms with Crippen LogP contribution in [0.15, 0.2) is 48.0 Å². The van der Waals surface area contributed by atoms with Crippen LogP contribution in [0.3, 0.4) is 0 Å². The molecule has 1 saturated heterocycles. The molecule has 1 fully saturated rings. The monoisotopic (exact) mass is 324 g/mol. The molecule has 0 N–H and O–H groups in total. The van der Waals surface area contributed by atoms with E-state index in [9.17, 15) is 4.79 Å². The molecule has 3 heterocycles. The molecule has 1 amide bonds. The number of carbonyl (C=O) groups excluding carboxylic acids is 1. The van der Waals surface area contributed by atoms with Crippen LogP contribution in [0, 0.1) is 0 Å². The third-order valence-electron chi connectivity index (χ3n) is 4.88. The molecular formula is C19H20N2OS. The second-order valence-electron chi connectivity index (χ2n) is 6.26. The summed E-state index contributed by atoms with van der Waals surface area (Å²) in [5.74, 6) is 0.741. The fourth-order valence-electron chi connectivity index (χ4n) is 3.65. The lowest BCUT2D eigenvalue weighted by Crippen LogP contribution is -2.37. The molecule has 0 saturated carbocycles. The molecular weight excluding hydrogens is 304 g/mol. The van der Waals surface area contributed by atoms with Crippen molar-refractivity contribution in [2.75, 3.05) is 13.1 Å². The first-order valence-electron chi connectivity index (χ1n) is 8.11. The standard InChI is InChI=1S/C19H20N2OS/c1-20-13-16(15-5-2-3-6-17(15)20)14-8-10-21(11-9-14)19(22)18-7-4-12-23-18/h2-7,12-14H,8-11H2,1H3. The van der Waals surface area contributed by atoms with Crippen molar-refractivity contribution in [3.05, 3.63) is 58.4 Å². The summed E-state index contributed by atoms with van der Waals surface area (Å²) in [4.78, 5) is 15.3. The predicted molar refractivity (Wildman–Crippen MR) is 95.1 cm³/mol. The van der Waals surface area contributed by atoms with Crippen molar-refractivity contribution >= 4 is 28.1 Å². The number of carbonyl (C=O) groups is 1. The van der Waals surface area contributed by atoms with E-state index in [1.54, 1.807) is 0 Å². The fourth-order valence-corrected chi connectivity index (χ4v) is 4.34. The van der Waals surface area contributed by atoms with Gasteiger partial charge in [0.2, 0.25) is 0 Å². The summed E-state index contributed by atoms with van der Waals surface area (Å²) in [7, 11) is 2.11. The molecule has 1 aliphatic heterocycles. The van der Waals surface area contributed by atoms with Crippen molar-refractivity contribution < 1.29 is 4.79 Å². The summed E-state index contributed by atoms with van der Waals surface area (Å²) < 4.78 is 2.22. The zero-order valence-electron chi connectivity index (χ0n) is 13.2. The maximum atomic E-state index is 12.5. The maximum absolute atomic E-state index is 12.5. The number of hydrogen-bond donors (Lipinski definition) is 0. The largest absolute Gasteiger partial charge is 0.350 e. The van der Waals surface area contributed by atoms with Crippen LogP contribution >= 0.6 is 11.3 Å². The fraction of sp³-hybridized carbons (Fsp3) is 0.316. The number of piperidine rings is 1. The van der Waals surface area contributed by atoms with Gasteiger partial charge in [-0.05, 0) is 41.8 Å². The molecule has 1 aromatic carbocycles. The number of para-hydroxylation sites is 1. The van der Waals surface area contributed by atoms with Crippen LogP contribution in [0.4, 0.5) is 0 Å². The Hall–Kier alpha value is -2.07. The third-order valence-corrected chi connectivity index (χ3v) is 5.74. The Bertz CT molecular complexity index is 826. The first-order chi connectivity index (χ1) is 11.2. The van der Waals surface area contributed by atoms with E-state index in [4.69, 9.17) is 0 Å². The average Bonchev–Trinajstić information content (AvgIpc) is 3.23. The summed E-state index contributed by atoms with van der Waals surface area (Å²) in [6.45, 7) is 1.70. The summed E-state index contributed by atoms with van der Waals surface area (Å²) >= 11 is 1.53. The van der Waals surface area contributed by atoms with Crippen LogP contribution in [-0.4, -0.2) is 28.5 Å². The number of thiophene rings is 1. The normalized spacial score (nSPS) is 16.1. The number of aryl methyl sites for hydroxylation is 1. The minimum absolute atomic E-state index is 0.191. The summed E-state index contributed by atoms with van der Waals surface area (Å²) in [6, 6.07) is 12.5. The summed E-state index contributed by atoms with van der Waals surface area (Å²) in [5, 5.41) is 3.33. The van der Waals surface area contributed by atoms with Crippen molar-refractivity contribution in [1.82, 2.24) is 9.47 Å². The number of nitrogens with zero attached hydrogens (tertiary/aromatic N) is 2. The van der Waals surface area contributed by atoms with Gasteiger partial charge < -0.3 is 9.47 Å². The number of likely N-dealkylation sites (tertiary alicyclic amines) is 1. The topological polar surface area (TPSA) is 25.2 Å². The van der Waals surface area contributed by atoms with Crippen LogP contribution in [0.5, 0.6) is 0 Å². The van der Waals surface area contributed by atoms with Crippen LogP contribution in [0.2, 0.25) is 0 Å². The first kappa shape index (κ1) is 14.5. The van der Waals surface area contributed by atoms with Gasteiger partial charge >= 0.3 is 0 Å². The molecule has 0 spiro atoms. The zero-order chi connectivity index (χ0) is 15.8. The van der Waals surface area contributed by atoms with Crippen LogP contribution in [-0.2, 0) is 7.05 Å². The van der Waals surface area contributed by atoms with Gasteiger partial charge in [0.15, 0.2) is 0 Å². The molecule has 3 aromatic rings. The number of rotatable bonds is 2. The van der Waals surface area contributed by atoms with Gasteiger partial charge in [0.05, 0.1) is 4.88 Å². The Morgan fingerprint density at radius 2 is 1.91 bits per heavy atom. The first-order valence-corrected chi connectivity index (χ1v) is 8.99. The van der Waals surface area contributed by atoms with E-state index in [1.807, 2.05) is 22.4 Å². The lowest BCUT2D eigenvalue weighted by Gasteiger charge is -2.31. The van der Waals surface area contributed by atoms with E-state index in [0.29, 0.717) is 5.92 Å². The minimum atomic E-state index is 0.191. The van der Waals surface area contributed by atoms with Gasteiger partial charge in [-0.25, -0.2) is 0 Å². The molecule has 118 valence electrons. The molecule has 0 atom stereocenters. The second kappa shape index (κ2) is 5.85. The van der Waals surface area contributed by atoms with E-state index < -0.39 is 0 Å². The van der Waals surface area contributed by atoms with Crippen LogP contribution in [0.1, 0.15) is 34.0 Å². The highest BCUT2D eigenvalue weighted by atomic mass is 32.1. The van der Waals surface area contributed by atoms with Gasteiger partial charge in [-0.1, -0.05) is 24.3 Å². The van der Waals surface area contributed by atoms with Crippen molar-refractivity contribution in [2.45, 2.75) is 18.8 Å². The Labute approximate surface area is 140 Å². The molecule has 0 radical (unpaired) electrons. The van der Waals surface area contributed by atoms with Crippen LogP contribution in [0.25, 0.3) is 10.9 Å². The zero-order valence-corrected chi connectivity index (χ0v) is 14.1. The summed E-state index contributed by atoms with van der Waals surface area (Å²) in [5.41, 5.74) is 2.73. The third kappa shape index (κ3) is 2.57. The van der Waals surface area contributed by atoms with E-state index in [0.717, 1.165) is 30.8 Å². The van der Waals surface area contributed by atoms with Crippen molar-refractivity contribution in [3.63, 3.8) is 0 Å². The summed E-state index contributed by atoms with van der Waals surface area (Å²) in [6.07, 6.45) is 4.36. The highest BCUT2D eigenvalue weighted by molar-refractivity contribution is 7.12. The molecule has 3 nitrogen and oxygen atoms in total. The second-order valence-corrected chi connectivity index (χ2v) is 7.20. The van der Waals surface area contributed by atoms with Gasteiger partial charge in [0.25, 0.3) is 5.91 Å².